The number of methoxy groups -OCH3 is 2. The Morgan fingerprint density at radius 3 is 1.85 bits per heavy atom. The van der Waals surface area contributed by atoms with Crippen molar-refractivity contribution in [3.63, 3.8) is 0 Å². The second-order valence-corrected chi connectivity index (χ2v) is 11.7. The largest absolute Gasteiger partial charge is 0.468 e. The zero-order valence-electron chi connectivity index (χ0n) is 15.4. The van der Waals surface area contributed by atoms with Crippen molar-refractivity contribution in [2.24, 2.45) is 5.92 Å². The van der Waals surface area contributed by atoms with Crippen molar-refractivity contribution >= 4 is 36.8 Å². The Hall–Kier alpha value is -2.11. The Labute approximate surface area is 160 Å². The van der Waals surface area contributed by atoms with Gasteiger partial charge in [0.25, 0.3) is 0 Å². The molecule has 2 aromatic rings. The Balaban J connectivity index is 2.66. The van der Waals surface area contributed by atoms with E-state index >= 15 is 0 Å². The van der Waals surface area contributed by atoms with Crippen LogP contribution < -0.4 is 5.19 Å². The fourth-order valence-electron chi connectivity index (χ4n) is 3.37. The molecule has 0 N–H and O–H groups in total. The molecule has 0 saturated heterocycles. The van der Waals surface area contributed by atoms with E-state index in [1.165, 1.54) is 14.2 Å². The average molecular weight is 391 g/mol. The van der Waals surface area contributed by atoms with Crippen molar-refractivity contribution in [3.05, 3.63) is 65.2 Å². The highest BCUT2D eigenvalue weighted by Gasteiger charge is 2.47. The van der Waals surface area contributed by atoms with Crippen LogP contribution in [0, 0.1) is 5.92 Å². The monoisotopic (exact) mass is 390 g/mol. The molecule has 2 rings (SSSR count). The smallest absolute Gasteiger partial charge is 0.320 e. The topological polar surface area (TPSA) is 52.6 Å². The SMILES string of the molecule is COC(=O)C(C(=O)OC)C(c1ccc(Cl)cc1)[Si](C)(C)c1ccccc1. The Bertz CT molecular complexity index is 743. The first kappa shape index (κ1) is 20.2. The molecule has 0 saturated carbocycles. The summed E-state index contributed by atoms with van der Waals surface area (Å²) < 4.78 is 9.90. The van der Waals surface area contributed by atoms with Crippen LogP contribution in [0.4, 0.5) is 0 Å². The fraction of sp³-hybridized carbons (Fsp3) is 0.300. The van der Waals surface area contributed by atoms with Gasteiger partial charge in [-0.15, -0.1) is 0 Å². The predicted octanol–water partition coefficient (Wildman–Crippen LogP) is 3.54. The molecular weight excluding hydrogens is 368 g/mol. The molecule has 0 radical (unpaired) electrons. The summed E-state index contributed by atoms with van der Waals surface area (Å²) in [6.45, 7) is 4.28. The molecule has 0 aromatic heterocycles. The third kappa shape index (κ3) is 4.16. The number of halogens is 1. The quantitative estimate of drug-likeness (QED) is 0.430. The van der Waals surface area contributed by atoms with Crippen LogP contribution in [0.2, 0.25) is 18.1 Å². The van der Waals surface area contributed by atoms with Crippen LogP contribution in [0.25, 0.3) is 0 Å². The van der Waals surface area contributed by atoms with Gasteiger partial charge >= 0.3 is 11.9 Å². The highest BCUT2D eigenvalue weighted by molar-refractivity contribution is 6.91. The maximum atomic E-state index is 12.5. The zero-order chi connectivity index (χ0) is 19.3. The minimum Gasteiger partial charge on any atom is -0.468 e. The number of ether oxygens (including phenoxy) is 2. The van der Waals surface area contributed by atoms with Gasteiger partial charge in [0.15, 0.2) is 5.92 Å². The third-order valence-electron chi connectivity index (χ3n) is 4.77. The minimum atomic E-state index is -2.33. The summed E-state index contributed by atoms with van der Waals surface area (Å²) in [6, 6.07) is 17.2. The minimum absolute atomic E-state index is 0.359. The molecule has 6 heteroatoms. The molecule has 4 nitrogen and oxygen atoms in total. The van der Waals surface area contributed by atoms with Gasteiger partial charge in [0.2, 0.25) is 0 Å². The van der Waals surface area contributed by atoms with Gasteiger partial charge in [-0.1, -0.05) is 72.3 Å². The Kier molecular flexibility index (Phi) is 6.61. The van der Waals surface area contributed by atoms with Gasteiger partial charge in [-0.25, -0.2) is 0 Å². The van der Waals surface area contributed by atoms with E-state index in [4.69, 9.17) is 21.1 Å². The maximum Gasteiger partial charge on any atom is 0.320 e. The van der Waals surface area contributed by atoms with Gasteiger partial charge in [-0.2, -0.15) is 0 Å². The van der Waals surface area contributed by atoms with Crippen LogP contribution in [-0.2, 0) is 19.1 Å². The van der Waals surface area contributed by atoms with Crippen LogP contribution in [0.3, 0.4) is 0 Å². The number of carbonyl (C=O) groups excluding carboxylic acids is 2. The molecule has 138 valence electrons. The Morgan fingerprint density at radius 1 is 0.885 bits per heavy atom. The Morgan fingerprint density at radius 2 is 1.38 bits per heavy atom. The van der Waals surface area contributed by atoms with Gasteiger partial charge < -0.3 is 9.47 Å². The summed E-state index contributed by atoms with van der Waals surface area (Å²) in [4.78, 5) is 25.1. The number of hydrogen-bond donors (Lipinski definition) is 0. The molecule has 2 aromatic carbocycles. The highest BCUT2D eigenvalue weighted by Crippen LogP contribution is 2.36. The van der Waals surface area contributed by atoms with Crippen LogP contribution in [0.5, 0.6) is 0 Å². The summed E-state index contributed by atoms with van der Waals surface area (Å²) in [5.74, 6) is -2.21. The van der Waals surface area contributed by atoms with Crippen molar-refractivity contribution in [3.8, 4) is 0 Å². The normalized spacial score (nSPS) is 12.5. The standard InChI is InChI=1S/C20H23ClO4Si/c1-24-19(22)17(20(23)25-2)18(14-10-12-15(21)13-11-14)26(3,4)16-8-6-5-7-9-16/h5-13,17-18H,1-4H3. The molecule has 1 unspecified atom stereocenters. The van der Waals surface area contributed by atoms with E-state index in [2.05, 4.69) is 13.1 Å². The van der Waals surface area contributed by atoms with Crippen LogP contribution in [-0.4, -0.2) is 34.2 Å². The lowest BCUT2D eigenvalue weighted by Gasteiger charge is -2.36. The van der Waals surface area contributed by atoms with Gasteiger partial charge in [0.05, 0.1) is 22.3 Å². The maximum absolute atomic E-state index is 12.5. The van der Waals surface area contributed by atoms with E-state index in [-0.39, 0.29) is 5.54 Å². The van der Waals surface area contributed by atoms with E-state index in [1.807, 2.05) is 42.5 Å². The number of esters is 2. The van der Waals surface area contributed by atoms with E-state index in [9.17, 15) is 9.59 Å². The third-order valence-corrected chi connectivity index (χ3v) is 9.06. The average Bonchev–Trinajstić information content (AvgIpc) is 2.66. The second kappa shape index (κ2) is 8.51. The van der Waals surface area contributed by atoms with Crippen molar-refractivity contribution in [1.82, 2.24) is 0 Å². The molecule has 26 heavy (non-hydrogen) atoms. The number of benzene rings is 2. The molecule has 0 heterocycles. The molecule has 0 aliphatic carbocycles. The van der Waals surface area contributed by atoms with Crippen LogP contribution >= 0.6 is 11.6 Å². The summed E-state index contributed by atoms with van der Waals surface area (Å²) >= 11 is 6.03. The van der Waals surface area contributed by atoms with Gasteiger partial charge in [-0.3, -0.25) is 9.59 Å². The molecular formula is C20H23ClO4Si. The van der Waals surface area contributed by atoms with Gasteiger partial charge in [-0.05, 0) is 17.7 Å². The summed E-state index contributed by atoms with van der Waals surface area (Å²) in [6.07, 6.45) is 0. The molecule has 1 atom stereocenters. The predicted molar refractivity (Wildman–Crippen MR) is 105 cm³/mol. The number of rotatable bonds is 6. The van der Waals surface area contributed by atoms with Crippen molar-refractivity contribution in [1.29, 1.82) is 0 Å². The van der Waals surface area contributed by atoms with Crippen LogP contribution in [0.1, 0.15) is 11.1 Å². The first-order chi connectivity index (χ1) is 12.3. The lowest BCUT2D eigenvalue weighted by molar-refractivity contribution is -0.159. The summed E-state index contributed by atoms with van der Waals surface area (Å²) in [7, 11) is 0.239. The molecule has 0 bridgehead atoms. The second-order valence-electron chi connectivity index (χ2n) is 6.64. The van der Waals surface area contributed by atoms with E-state index in [0.717, 1.165) is 10.8 Å². The van der Waals surface area contributed by atoms with E-state index in [0.29, 0.717) is 5.02 Å². The lowest BCUT2D eigenvalue weighted by Crippen LogP contribution is -2.53. The zero-order valence-corrected chi connectivity index (χ0v) is 17.1. The molecule has 0 amide bonds. The fourth-order valence-corrected chi connectivity index (χ4v) is 7.03. The lowest BCUT2D eigenvalue weighted by atomic mass is 9.98. The molecule has 0 aliphatic rings. The van der Waals surface area contributed by atoms with Crippen molar-refractivity contribution < 1.29 is 19.1 Å². The van der Waals surface area contributed by atoms with Crippen LogP contribution in [0.15, 0.2) is 54.6 Å². The molecule has 0 fully saturated rings. The molecule has 0 aliphatic heterocycles. The van der Waals surface area contributed by atoms with Gasteiger partial charge in [0.1, 0.15) is 0 Å². The highest BCUT2D eigenvalue weighted by atomic mass is 35.5. The summed E-state index contributed by atoms with van der Waals surface area (Å²) in [5.41, 5.74) is 0.512. The molecule has 0 spiro atoms. The first-order valence-corrected chi connectivity index (χ1v) is 11.7. The van der Waals surface area contributed by atoms with E-state index in [1.54, 1.807) is 12.1 Å². The van der Waals surface area contributed by atoms with E-state index < -0.39 is 25.9 Å². The van der Waals surface area contributed by atoms with Gasteiger partial charge in [0, 0.05) is 10.6 Å². The van der Waals surface area contributed by atoms with Crippen molar-refractivity contribution in [2.75, 3.05) is 14.2 Å². The number of carbonyl (C=O) groups is 2. The summed E-state index contributed by atoms with van der Waals surface area (Å²) in [5, 5.41) is 1.73. The number of hydrogen-bond acceptors (Lipinski definition) is 4. The first-order valence-electron chi connectivity index (χ1n) is 8.29. The van der Waals surface area contributed by atoms with Crippen molar-refractivity contribution in [2.45, 2.75) is 18.6 Å².